The summed E-state index contributed by atoms with van der Waals surface area (Å²) < 4.78 is 0. The standard InChI is InChI=1S/C18H19N3/c1-12(19)10-15-11-13(2)20-18(21-15)17-9-5-7-14-6-3-4-8-16(14)17/h3-9,11-12H,10,19H2,1-2H3. The third-order valence-corrected chi connectivity index (χ3v) is 3.47. The van der Waals surface area contributed by atoms with Crippen LogP contribution in [0.25, 0.3) is 22.2 Å². The maximum atomic E-state index is 5.89. The minimum Gasteiger partial charge on any atom is -0.328 e. The molecule has 1 unspecified atom stereocenters. The molecule has 1 aromatic heterocycles. The first kappa shape index (κ1) is 13.7. The number of benzene rings is 2. The normalized spacial score (nSPS) is 12.5. The summed E-state index contributed by atoms with van der Waals surface area (Å²) in [6.07, 6.45) is 0.765. The number of aromatic nitrogens is 2. The average Bonchev–Trinajstić information content (AvgIpc) is 2.45. The predicted octanol–water partition coefficient (Wildman–Crippen LogP) is 3.49. The maximum absolute atomic E-state index is 5.89. The van der Waals surface area contributed by atoms with E-state index in [0.29, 0.717) is 0 Å². The Kier molecular flexibility index (Phi) is 3.67. The van der Waals surface area contributed by atoms with Crippen molar-refractivity contribution in [2.24, 2.45) is 5.73 Å². The van der Waals surface area contributed by atoms with Gasteiger partial charge in [0, 0.05) is 29.4 Å². The van der Waals surface area contributed by atoms with Gasteiger partial charge in [0.15, 0.2) is 5.82 Å². The molecule has 0 aliphatic rings. The highest BCUT2D eigenvalue weighted by Crippen LogP contribution is 2.26. The number of hydrogen-bond acceptors (Lipinski definition) is 3. The van der Waals surface area contributed by atoms with Crippen LogP contribution in [0.3, 0.4) is 0 Å². The van der Waals surface area contributed by atoms with Crippen LogP contribution in [0.1, 0.15) is 18.3 Å². The van der Waals surface area contributed by atoms with Crippen LogP contribution in [0.5, 0.6) is 0 Å². The monoisotopic (exact) mass is 277 g/mol. The zero-order chi connectivity index (χ0) is 14.8. The Morgan fingerprint density at radius 1 is 1.05 bits per heavy atom. The van der Waals surface area contributed by atoms with Crippen LogP contribution < -0.4 is 5.73 Å². The van der Waals surface area contributed by atoms with Gasteiger partial charge in [0.1, 0.15) is 0 Å². The minimum absolute atomic E-state index is 0.0969. The van der Waals surface area contributed by atoms with Crippen LogP contribution in [0.4, 0.5) is 0 Å². The summed E-state index contributed by atoms with van der Waals surface area (Å²) in [5.74, 6) is 0.780. The molecule has 0 aliphatic heterocycles. The number of rotatable bonds is 3. The van der Waals surface area contributed by atoms with E-state index in [1.807, 2.05) is 32.0 Å². The molecule has 1 atom stereocenters. The largest absolute Gasteiger partial charge is 0.328 e. The van der Waals surface area contributed by atoms with Crippen molar-refractivity contribution >= 4 is 10.8 Å². The van der Waals surface area contributed by atoms with Crippen LogP contribution in [0.2, 0.25) is 0 Å². The summed E-state index contributed by atoms with van der Waals surface area (Å²) in [6.45, 7) is 4.00. The first-order valence-corrected chi connectivity index (χ1v) is 7.22. The second-order valence-electron chi connectivity index (χ2n) is 5.53. The lowest BCUT2D eigenvalue weighted by atomic mass is 10.0. The highest BCUT2D eigenvalue weighted by atomic mass is 14.9. The minimum atomic E-state index is 0.0969. The number of nitrogens with two attached hydrogens (primary N) is 1. The smallest absolute Gasteiger partial charge is 0.160 e. The molecule has 0 amide bonds. The molecule has 0 saturated carbocycles. The SMILES string of the molecule is Cc1cc(CC(C)N)nc(-c2cccc3ccccc23)n1. The van der Waals surface area contributed by atoms with Gasteiger partial charge in [-0.1, -0.05) is 42.5 Å². The highest BCUT2D eigenvalue weighted by molar-refractivity contribution is 5.95. The molecule has 0 spiro atoms. The van der Waals surface area contributed by atoms with E-state index in [-0.39, 0.29) is 6.04 Å². The van der Waals surface area contributed by atoms with Crippen molar-refractivity contribution in [2.75, 3.05) is 0 Å². The van der Waals surface area contributed by atoms with Crippen LogP contribution >= 0.6 is 0 Å². The molecule has 1 heterocycles. The molecule has 21 heavy (non-hydrogen) atoms. The number of fused-ring (bicyclic) bond motifs is 1. The first-order valence-electron chi connectivity index (χ1n) is 7.22. The van der Waals surface area contributed by atoms with Gasteiger partial charge in [0.25, 0.3) is 0 Å². The molecule has 0 fully saturated rings. The van der Waals surface area contributed by atoms with Crippen LogP contribution in [-0.4, -0.2) is 16.0 Å². The lowest BCUT2D eigenvalue weighted by Crippen LogP contribution is -2.19. The number of nitrogens with zero attached hydrogens (tertiary/aromatic N) is 2. The lowest BCUT2D eigenvalue weighted by molar-refractivity contribution is 0.719. The van der Waals surface area contributed by atoms with Crippen molar-refractivity contribution in [3.8, 4) is 11.4 Å². The van der Waals surface area contributed by atoms with Crippen molar-refractivity contribution in [1.29, 1.82) is 0 Å². The van der Waals surface area contributed by atoms with Gasteiger partial charge in [-0.2, -0.15) is 0 Å². The molecule has 2 aromatic carbocycles. The summed E-state index contributed by atoms with van der Waals surface area (Å²) in [7, 11) is 0. The molecule has 3 aromatic rings. The van der Waals surface area contributed by atoms with Crippen molar-refractivity contribution in [1.82, 2.24) is 9.97 Å². The van der Waals surface area contributed by atoms with E-state index < -0.39 is 0 Å². The van der Waals surface area contributed by atoms with Gasteiger partial charge in [0.2, 0.25) is 0 Å². The van der Waals surface area contributed by atoms with E-state index in [4.69, 9.17) is 10.7 Å². The van der Waals surface area contributed by atoms with Gasteiger partial charge in [-0.25, -0.2) is 9.97 Å². The fourth-order valence-corrected chi connectivity index (χ4v) is 2.61. The molecular weight excluding hydrogens is 258 g/mol. The molecule has 0 bridgehead atoms. The Bertz CT molecular complexity index is 773. The van der Waals surface area contributed by atoms with Gasteiger partial charge in [0.05, 0.1) is 0 Å². The summed E-state index contributed by atoms with van der Waals surface area (Å²) in [5, 5.41) is 2.38. The maximum Gasteiger partial charge on any atom is 0.160 e. The molecule has 106 valence electrons. The highest BCUT2D eigenvalue weighted by Gasteiger charge is 2.09. The number of hydrogen-bond donors (Lipinski definition) is 1. The molecule has 0 radical (unpaired) electrons. The van der Waals surface area contributed by atoms with Crippen molar-refractivity contribution in [3.63, 3.8) is 0 Å². The fourth-order valence-electron chi connectivity index (χ4n) is 2.61. The molecule has 2 N–H and O–H groups in total. The van der Waals surface area contributed by atoms with E-state index in [1.54, 1.807) is 0 Å². The van der Waals surface area contributed by atoms with E-state index in [2.05, 4.69) is 35.3 Å². The van der Waals surface area contributed by atoms with Crippen molar-refractivity contribution < 1.29 is 0 Å². The summed E-state index contributed by atoms with van der Waals surface area (Å²) >= 11 is 0. The molecular formula is C18H19N3. The molecule has 3 nitrogen and oxygen atoms in total. The first-order chi connectivity index (χ1) is 10.1. The zero-order valence-corrected chi connectivity index (χ0v) is 12.4. The number of aryl methyl sites for hydroxylation is 1. The predicted molar refractivity (Wildman–Crippen MR) is 87.1 cm³/mol. The summed E-state index contributed by atoms with van der Waals surface area (Å²) in [4.78, 5) is 9.31. The second kappa shape index (κ2) is 5.62. The zero-order valence-electron chi connectivity index (χ0n) is 12.4. The summed E-state index contributed by atoms with van der Waals surface area (Å²) in [5.41, 5.74) is 8.94. The lowest BCUT2D eigenvalue weighted by Gasteiger charge is -2.10. The van der Waals surface area contributed by atoms with Gasteiger partial charge in [-0.15, -0.1) is 0 Å². The Labute approximate surface area is 124 Å². The second-order valence-corrected chi connectivity index (χ2v) is 5.53. The third-order valence-electron chi connectivity index (χ3n) is 3.47. The fraction of sp³-hybridized carbons (Fsp3) is 0.222. The van der Waals surface area contributed by atoms with Gasteiger partial charge in [-0.3, -0.25) is 0 Å². The van der Waals surface area contributed by atoms with Gasteiger partial charge < -0.3 is 5.73 Å². The van der Waals surface area contributed by atoms with Gasteiger partial charge in [-0.05, 0) is 30.7 Å². The molecule has 3 rings (SSSR count). The van der Waals surface area contributed by atoms with E-state index in [1.165, 1.54) is 10.8 Å². The summed E-state index contributed by atoms with van der Waals surface area (Å²) in [6, 6.07) is 16.7. The van der Waals surface area contributed by atoms with Crippen molar-refractivity contribution in [2.45, 2.75) is 26.3 Å². The van der Waals surface area contributed by atoms with Crippen LogP contribution in [0.15, 0.2) is 48.5 Å². The third kappa shape index (κ3) is 2.93. The van der Waals surface area contributed by atoms with Crippen molar-refractivity contribution in [3.05, 3.63) is 59.9 Å². The quantitative estimate of drug-likeness (QED) is 0.797. The Morgan fingerprint density at radius 3 is 2.62 bits per heavy atom. The molecule has 3 heteroatoms. The Balaban J connectivity index is 2.16. The van der Waals surface area contributed by atoms with E-state index in [9.17, 15) is 0 Å². The van der Waals surface area contributed by atoms with Gasteiger partial charge >= 0.3 is 0 Å². The molecule has 0 saturated heterocycles. The van der Waals surface area contributed by atoms with E-state index >= 15 is 0 Å². The van der Waals surface area contributed by atoms with Crippen LogP contribution in [0, 0.1) is 6.92 Å². The molecule has 0 aliphatic carbocycles. The average molecular weight is 277 g/mol. The Morgan fingerprint density at radius 2 is 1.81 bits per heavy atom. The Hall–Kier alpha value is -2.26. The van der Waals surface area contributed by atoms with Crippen LogP contribution in [-0.2, 0) is 6.42 Å². The van der Waals surface area contributed by atoms with E-state index in [0.717, 1.165) is 29.2 Å². The topological polar surface area (TPSA) is 51.8 Å².